The zero-order valence-corrected chi connectivity index (χ0v) is 15.5. The Bertz CT molecular complexity index is 460. The Morgan fingerprint density at radius 2 is 1.88 bits per heavy atom. The minimum absolute atomic E-state index is 0.792. The Morgan fingerprint density at radius 3 is 2.71 bits per heavy atom. The summed E-state index contributed by atoms with van der Waals surface area (Å²) in [5.74, 6) is 2.51. The minimum Gasteiger partial charge on any atom is -0.381 e. The van der Waals surface area contributed by atoms with Crippen LogP contribution in [0.4, 0.5) is 0 Å². The summed E-state index contributed by atoms with van der Waals surface area (Å²) in [6, 6.07) is 11.0. The highest BCUT2D eigenvalue weighted by Gasteiger charge is 2.38. The monoisotopic (exact) mass is 329 g/mol. The van der Waals surface area contributed by atoms with Crippen molar-refractivity contribution in [3.8, 4) is 0 Å². The Kier molecular flexibility index (Phi) is 7.16. The maximum atomic E-state index is 5.96. The Morgan fingerprint density at radius 1 is 1.04 bits per heavy atom. The van der Waals surface area contributed by atoms with E-state index in [1.165, 1.54) is 63.6 Å². The molecule has 3 unspecified atom stereocenters. The van der Waals surface area contributed by atoms with E-state index >= 15 is 0 Å². The molecule has 0 aromatic heterocycles. The van der Waals surface area contributed by atoms with Gasteiger partial charge in [0.1, 0.15) is 0 Å². The van der Waals surface area contributed by atoms with Gasteiger partial charge in [0.15, 0.2) is 0 Å². The third-order valence-electron chi connectivity index (χ3n) is 6.07. The lowest BCUT2D eigenvalue weighted by molar-refractivity contribution is 0.0948. The van der Waals surface area contributed by atoms with Crippen molar-refractivity contribution in [3.05, 3.63) is 35.9 Å². The number of hydrogen-bond acceptors (Lipinski definition) is 2. The van der Waals surface area contributed by atoms with Crippen LogP contribution < -0.4 is 0 Å². The average Bonchev–Trinajstić information content (AvgIpc) is 2.90. The summed E-state index contributed by atoms with van der Waals surface area (Å²) >= 11 is 0. The van der Waals surface area contributed by atoms with Crippen LogP contribution in [-0.2, 0) is 11.3 Å². The van der Waals surface area contributed by atoms with Gasteiger partial charge in [-0.05, 0) is 36.2 Å². The summed E-state index contributed by atoms with van der Waals surface area (Å²) in [4.78, 5) is 2.69. The first kappa shape index (κ1) is 17.9. The molecule has 0 bridgehead atoms. The van der Waals surface area contributed by atoms with Gasteiger partial charge < -0.3 is 4.74 Å². The molecule has 2 saturated heterocycles. The van der Waals surface area contributed by atoms with Gasteiger partial charge in [0.2, 0.25) is 0 Å². The molecule has 24 heavy (non-hydrogen) atoms. The van der Waals surface area contributed by atoms with Crippen LogP contribution in [0.15, 0.2) is 30.3 Å². The summed E-state index contributed by atoms with van der Waals surface area (Å²) < 4.78 is 5.96. The molecule has 0 spiro atoms. The van der Waals surface area contributed by atoms with Gasteiger partial charge in [-0.3, -0.25) is 4.90 Å². The number of ether oxygens (including phenoxy) is 1. The van der Waals surface area contributed by atoms with Crippen LogP contribution in [0, 0.1) is 17.8 Å². The van der Waals surface area contributed by atoms with E-state index in [1.807, 2.05) is 0 Å². The molecule has 2 heteroatoms. The summed E-state index contributed by atoms with van der Waals surface area (Å²) in [6.07, 6.45) is 9.61. The molecule has 2 aliphatic heterocycles. The molecular formula is C22H35NO. The molecule has 0 N–H and O–H groups in total. The second-order valence-corrected chi connectivity index (χ2v) is 7.93. The second kappa shape index (κ2) is 9.58. The largest absolute Gasteiger partial charge is 0.381 e. The van der Waals surface area contributed by atoms with Crippen molar-refractivity contribution in [2.75, 3.05) is 26.3 Å². The van der Waals surface area contributed by atoms with Crippen molar-refractivity contribution >= 4 is 0 Å². The van der Waals surface area contributed by atoms with E-state index in [2.05, 4.69) is 42.2 Å². The van der Waals surface area contributed by atoms with Crippen molar-refractivity contribution in [2.24, 2.45) is 17.8 Å². The number of likely N-dealkylation sites (tertiary alicyclic amines) is 1. The fourth-order valence-electron chi connectivity index (χ4n) is 4.70. The van der Waals surface area contributed by atoms with Crippen molar-refractivity contribution < 1.29 is 4.74 Å². The van der Waals surface area contributed by atoms with Crippen LogP contribution in [0.5, 0.6) is 0 Å². The molecule has 2 nitrogen and oxygen atoms in total. The number of rotatable bonds is 8. The predicted octanol–water partition coefficient (Wildman–Crippen LogP) is 5.13. The van der Waals surface area contributed by atoms with Crippen LogP contribution in [-0.4, -0.2) is 31.2 Å². The lowest BCUT2D eigenvalue weighted by Crippen LogP contribution is -2.25. The van der Waals surface area contributed by atoms with E-state index in [0.717, 1.165) is 37.5 Å². The number of hydrogen-bond donors (Lipinski definition) is 0. The molecule has 3 rings (SSSR count). The number of unbranched alkanes of at least 4 members (excludes halogenated alkanes) is 4. The minimum atomic E-state index is 0.792. The third kappa shape index (κ3) is 5.07. The predicted molar refractivity (Wildman–Crippen MR) is 101 cm³/mol. The van der Waals surface area contributed by atoms with Crippen molar-refractivity contribution in [3.63, 3.8) is 0 Å². The molecule has 1 aromatic carbocycles. The van der Waals surface area contributed by atoms with E-state index < -0.39 is 0 Å². The number of benzene rings is 1. The molecule has 2 aliphatic rings. The first-order valence-electron chi connectivity index (χ1n) is 10.2. The average molecular weight is 330 g/mol. The van der Waals surface area contributed by atoms with Crippen molar-refractivity contribution in [2.45, 2.75) is 58.4 Å². The smallest absolute Gasteiger partial charge is 0.0497 e. The summed E-state index contributed by atoms with van der Waals surface area (Å²) in [5.41, 5.74) is 1.46. The highest BCUT2D eigenvalue weighted by atomic mass is 16.5. The van der Waals surface area contributed by atoms with E-state index in [0.29, 0.717) is 0 Å². The Labute approximate surface area is 148 Å². The molecular weight excluding hydrogens is 294 g/mol. The number of fused-ring (bicyclic) bond motifs is 1. The van der Waals surface area contributed by atoms with E-state index in [4.69, 9.17) is 4.74 Å². The Balaban J connectivity index is 1.51. The molecule has 134 valence electrons. The lowest BCUT2D eigenvalue weighted by atomic mass is 9.81. The molecule has 0 aliphatic carbocycles. The topological polar surface area (TPSA) is 12.5 Å². The van der Waals surface area contributed by atoms with Crippen LogP contribution in [0.3, 0.4) is 0 Å². The Hall–Kier alpha value is -0.860. The second-order valence-electron chi connectivity index (χ2n) is 7.93. The fourth-order valence-corrected chi connectivity index (χ4v) is 4.70. The van der Waals surface area contributed by atoms with Crippen LogP contribution in [0.2, 0.25) is 0 Å². The summed E-state index contributed by atoms with van der Waals surface area (Å²) in [7, 11) is 0. The fraction of sp³-hybridized carbons (Fsp3) is 0.727. The van der Waals surface area contributed by atoms with Gasteiger partial charge in [-0.1, -0.05) is 69.4 Å². The van der Waals surface area contributed by atoms with Gasteiger partial charge in [-0.15, -0.1) is 0 Å². The van der Waals surface area contributed by atoms with Crippen molar-refractivity contribution in [1.29, 1.82) is 0 Å². The van der Waals surface area contributed by atoms with Gasteiger partial charge in [-0.2, -0.15) is 0 Å². The van der Waals surface area contributed by atoms with Gasteiger partial charge in [0.25, 0.3) is 0 Å². The zero-order valence-electron chi connectivity index (χ0n) is 15.5. The van der Waals surface area contributed by atoms with E-state index in [9.17, 15) is 0 Å². The first-order valence-corrected chi connectivity index (χ1v) is 10.2. The van der Waals surface area contributed by atoms with Crippen molar-refractivity contribution in [1.82, 2.24) is 4.90 Å². The lowest BCUT2D eigenvalue weighted by Gasteiger charge is -2.24. The molecule has 0 saturated carbocycles. The van der Waals surface area contributed by atoms with E-state index in [-0.39, 0.29) is 0 Å². The normalized spacial score (nSPS) is 27.8. The van der Waals surface area contributed by atoms with Gasteiger partial charge in [0.05, 0.1) is 0 Å². The van der Waals surface area contributed by atoms with E-state index in [1.54, 1.807) is 0 Å². The van der Waals surface area contributed by atoms with Crippen LogP contribution >= 0.6 is 0 Å². The van der Waals surface area contributed by atoms with Crippen LogP contribution in [0.25, 0.3) is 0 Å². The SMILES string of the molecule is CCCCCCCC1COCCC2CN(Cc3ccccc3)CC12. The highest BCUT2D eigenvalue weighted by Crippen LogP contribution is 2.37. The first-order chi connectivity index (χ1) is 11.9. The molecule has 0 radical (unpaired) electrons. The maximum absolute atomic E-state index is 5.96. The van der Waals surface area contributed by atoms with Gasteiger partial charge in [0, 0.05) is 32.8 Å². The molecule has 1 aromatic rings. The van der Waals surface area contributed by atoms with Gasteiger partial charge in [-0.25, -0.2) is 0 Å². The molecule has 2 fully saturated rings. The highest BCUT2D eigenvalue weighted by molar-refractivity contribution is 5.14. The third-order valence-corrected chi connectivity index (χ3v) is 6.07. The zero-order chi connectivity index (χ0) is 16.6. The molecule has 0 amide bonds. The summed E-state index contributed by atoms with van der Waals surface area (Å²) in [5, 5.41) is 0. The van der Waals surface area contributed by atoms with Gasteiger partial charge >= 0.3 is 0 Å². The molecule has 2 heterocycles. The summed E-state index contributed by atoms with van der Waals surface area (Å²) in [6.45, 7) is 7.96. The quantitative estimate of drug-likeness (QED) is 0.613. The van der Waals surface area contributed by atoms with Crippen LogP contribution in [0.1, 0.15) is 57.4 Å². The molecule has 3 atom stereocenters. The number of nitrogens with zero attached hydrogens (tertiary/aromatic N) is 1. The maximum Gasteiger partial charge on any atom is 0.0497 e. The standard InChI is InChI=1S/C22H35NO/c1-2-3-4-5-9-12-21-18-24-14-13-20-16-23(17-22(20)21)15-19-10-7-6-8-11-19/h6-8,10-11,20-22H,2-5,9,12-18H2,1H3.